The highest BCUT2D eigenvalue weighted by molar-refractivity contribution is 8.00. The van der Waals surface area contributed by atoms with E-state index < -0.39 is 84.4 Å². The molecule has 2 saturated heterocycles. The minimum atomic E-state index is -1.23. The van der Waals surface area contributed by atoms with Crippen LogP contribution in [0.2, 0.25) is 0 Å². The zero-order valence-corrected chi connectivity index (χ0v) is 38.5. The van der Waals surface area contributed by atoms with Gasteiger partial charge in [-0.25, -0.2) is 10.3 Å². The molecule has 362 valence electrons. The monoisotopic (exact) mass is 932 g/mol. The highest BCUT2D eigenvalue weighted by Gasteiger charge is 2.42. The number of phenols is 1. The van der Waals surface area contributed by atoms with E-state index in [0.717, 1.165) is 25.0 Å². The van der Waals surface area contributed by atoms with Gasteiger partial charge in [0.25, 0.3) is 0 Å². The number of hydroxylamine groups is 1. The Labute approximate surface area is 383 Å². The van der Waals surface area contributed by atoms with Crippen molar-refractivity contribution in [3.63, 3.8) is 0 Å². The van der Waals surface area contributed by atoms with Gasteiger partial charge in [-0.05, 0) is 68.1 Å². The van der Waals surface area contributed by atoms with E-state index in [1.165, 1.54) is 17.6 Å². The van der Waals surface area contributed by atoms with Crippen LogP contribution in [0.15, 0.2) is 24.3 Å². The molecule has 10 amide bonds. The number of aromatic hydroxyl groups is 1. The van der Waals surface area contributed by atoms with Crippen LogP contribution in [0.5, 0.6) is 5.75 Å². The molecule has 0 spiro atoms. The van der Waals surface area contributed by atoms with Gasteiger partial charge in [0.1, 0.15) is 23.9 Å². The highest BCUT2D eigenvalue weighted by atomic mass is 32.2. The largest absolute Gasteiger partial charge is 0.508 e. The first-order valence-corrected chi connectivity index (χ1v) is 23.3. The van der Waals surface area contributed by atoms with Gasteiger partial charge in [-0.2, -0.15) is 11.8 Å². The van der Waals surface area contributed by atoms with E-state index in [1.807, 2.05) is 25.6 Å². The fourth-order valence-electron chi connectivity index (χ4n) is 7.56. The molecule has 0 saturated carbocycles. The van der Waals surface area contributed by atoms with Crippen LogP contribution in [-0.4, -0.2) is 124 Å². The van der Waals surface area contributed by atoms with Gasteiger partial charge in [-0.3, -0.25) is 43.6 Å². The Morgan fingerprint density at radius 1 is 0.800 bits per heavy atom. The lowest BCUT2D eigenvalue weighted by molar-refractivity contribution is -0.137. The van der Waals surface area contributed by atoms with Crippen LogP contribution < -0.4 is 53.7 Å². The lowest BCUT2D eigenvalue weighted by Crippen LogP contribution is -2.57. The summed E-state index contributed by atoms with van der Waals surface area (Å²) >= 11 is 1.83. The third-order valence-corrected chi connectivity index (χ3v) is 12.9. The van der Waals surface area contributed by atoms with Crippen molar-refractivity contribution < 1.29 is 53.5 Å². The Morgan fingerprint density at radius 2 is 1.51 bits per heavy atom. The number of nitrogens with two attached hydrogens (primary N) is 1. The van der Waals surface area contributed by atoms with Gasteiger partial charge < -0.3 is 53.4 Å². The van der Waals surface area contributed by atoms with E-state index in [1.54, 1.807) is 26.0 Å². The first-order chi connectivity index (χ1) is 30.9. The molecule has 1 aromatic carbocycles. The molecule has 0 aliphatic carbocycles. The van der Waals surface area contributed by atoms with Crippen molar-refractivity contribution in [1.29, 1.82) is 0 Å². The smallest absolute Gasteiger partial charge is 0.315 e. The number of benzene rings is 1. The van der Waals surface area contributed by atoms with Crippen LogP contribution in [0.3, 0.4) is 0 Å². The molecule has 22 heteroatoms. The molecule has 2 aliphatic rings. The maximum absolute atomic E-state index is 13.8. The summed E-state index contributed by atoms with van der Waals surface area (Å²) in [5, 5.41) is 40.6. The van der Waals surface area contributed by atoms with Crippen molar-refractivity contribution >= 4 is 65.1 Å². The summed E-state index contributed by atoms with van der Waals surface area (Å²) in [6.07, 6.45) is 4.41. The van der Waals surface area contributed by atoms with Crippen LogP contribution in [0.1, 0.15) is 97.5 Å². The van der Waals surface area contributed by atoms with Crippen molar-refractivity contribution in [2.24, 2.45) is 23.5 Å². The number of unbranched alkanes of at least 4 members (excludes halogenated alkanes) is 2. The molecule has 0 radical (unpaired) electrons. The fraction of sp³-hybridized carbons (Fsp3) is 0.651. The van der Waals surface area contributed by atoms with Crippen molar-refractivity contribution in [2.75, 3.05) is 25.4 Å². The summed E-state index contributed by atoms with van der Waals surface area (Å²) in [7, 11) is 0. The van der Waals surface area contributed by atoms with Gasteiger partial charge >= 0.3 is 6.03 Å². The molecular formula is C43H68N10O11S. The van der Waals surface area contributed by atoms with E-state index in [2.05, 4.69) is 42.5 Å². The third kappa shape index (κ3) is 19.2. The number of hydrogen-bond donors (Lipinski definition) is 12. The van der Waals surface area contributed by atoms with Crippen LogP contribution in [0, 0.1) is 17.8 Å². The molecule has 65 heavy (non-hydrogen) atoms. The van der Waals surface area contributed by atoms with Gasteiger partial charge in [0.15, 0.2) is 0 Å². The summed E-state index contributed by atoms with van der Waals surface area (Å²) in [6, 6.07) is 2.73. The normalized spacial score (nSPS) is 18.6. The number of phenolic OH excluding ortho intramolecular Hbond substituents is 1. The van der Waals surface area contributed by atoms with Gasteiger partial charge in [0.2, 0.25) is 47.3 Å². The van der Waals surface area contributed by atoms with Gasteiger partial charge in [0, 0.05) is 42.7 Å². The second kappa shape index (κ2) is 27.6. The van der Waals surface area contributed by atoms with E-state index in [4.69, 9.17) is 10.9 Å². The number of primary amides is 1. The Kier molecular flexibility index (Phi) is 22.8. The molecule has 13 N–H and O–H groups in total. The number of thioether (sulfide) groups is 1. The number of rotatable bonds is 29. The molecule has 21 nitrogen and oxygen atoms in total. The minimum Gasteiger partial charge on any atom is -0.508 e. The van der Waals surface area contributed by atoms with Crippen LogP contribution in [-0.2, 0) is 44.8 Å². The number of carbonyl (C=O) groups is 9. The second-order valence-corrected chi connectivity index (χ2v) is 18.4. The molecule has 3 rings (SSSR count). The quantitative estimate of drug-likeness (QED) is 0.0214. The average molecular weight is 933 g/mol. The number of amides is 10. The summed E-state index contributed by atoms with van der Waals surface area (Å²) < 4.78 is 0. The second-order valence-electron chi connectivity index (χ2n) is 17.1. The van der Waals surface area contributed by atoms with Crippen LogP contribution >= 0.6 is 11.8 Å². The molecular weight excluding hydrogens is 865 g/mol. The van der Waals surface area contributed by atoms with E-state index in [9.17, 15) is 48.3 Å². The first kappa shape index (κ1) is 53.7. The predicted octanol–water partition coefficient (Wildman–Crippen LogP) is -0.277. The molecule has 2 heterocycles. The topological polar surface area (TPSA) is 328 Å². The number of fused-ring (bicyclic) bond motifs is 1. The van der Waals surface area contributed by atoms with Crippen molar-refractivity contribution in [2.45, 2.75) is 134 Å². The lowest BCUT2D eigenvalue weighted by Gasteiger charge is -2.27. The van der Waals surface area contributed by atoms with Crippen molar-refractivity contribution in [1.82, 2.24) is 48.0 Å². The number of urea groups is 1. The average Bonchev–Trinajstić information content (AvgIpc) is 3.83. The Hall–Kier alpha value is -5.64. The zero-order valence-electron chi connectivity index (χ0n) is 37.7. The standard InChI is InChI=1S/C43H68N10O11S/c1-5-25(4)37(51-41(61)30(19-26-13-15-28(54)16-14-26)49-40(60)27(18-24(2)3)20-34(56)53-64)42(62)47-21-35(57)46-22-36(58)48-29(39(44)59)10-8-9-17-45-33(55)12-7-6-11-32-38-31(23-65-32)50-43(63)52-38/h13-16,24-25,27,29-32,37-38,54,64H,5-12,17-23H2,1-4H3,(H2,44,59)(H,45,55)(H,46,57)(H,47,62)(H,48,58)(H,49,60)(H,51,61)(H,53,56)(H2,50,52,63)/t25-,27?,29-,30-,31-,32-,37-,38-/m0/s1. The number of nitrogens with one attached hydrogen (secondary N) is 9. The highest BCUT2D eigenvalue weighted by Crippen LogP contribution is 2.33. The van der Waals surface area contributed by atoms with E-state index in [-0.39, 0.29) is 61.4 Å². The summed E-state index contributed by atoms with van der Waals surface area (Å²) in [4.78, 5) is 114. The van der Waals surface area contributed by atoms with E-state index in [0.29, 0.717) is 43.0 Å². The molecule has 0 aromatic heterocycles. The maximum Gasteiger partial charge on any atom is 0.315 e. The SMILES string of the molecule is CC[C@H](C)[C@H](NC(=O)[C@H](Cc1ccc(O)cc1)NC(=O)C(CC(=O)NO)CC(C)C)C(=O)NCC(=O)NCC(=O)N[C@@H](CCCCNC(=O)CCCC[C@@H]1SC[C@@H]2NC(=O)N[C@@H]21)C(N)=O. The molecule has 2 aliphatic heterocycles. The Bertz CT molecular complexity index is 1800. The van der Waals surface area contributed by atoms with Gasteiger partial charge in [-0.15, -0.1) is 0 Å². The maximum atomic E-state index is 13.8. The molecule has 8 atom stereocenters. The molecule has 1 unspecified atom stereocenters. The zero-order chi connectivity index (χ0) is 48.1. The van der Waals surface area contributed by atoms with Crippen molar-refractivity contribution in [3.8, 4) is 5.75 Å². The van der Waals surface area contributed by atoms with E-state index >= 15 is 0 Å². The first-order valence-electron chi connectivity index (χ1n) is 22.3. The van der Waals surface area contributed by atoms with Crippen LogP contribution in [0.4, 0.5) is 4.79 Å². The minimum absolute atomic E-state index is 0.0116. The molecule has 0 bridgehead atoms. The third-order valence-electron chi connectivity index (χ3n) is 11.4. The number of carbonyl (C=O) groups excluding carboxylic acids is 9. The predicted molar refractivity (Wildman–Crippen MR) is 241 cm³/mol. The van der Waals surface area contributed by atoms with Gasteiger partial charge in [-0.1, -0.05) is 52.7 Å². The summed E-state index contributed by atoms with van der Waals surface area (Å²) in [5.41, 5.74) is 7.60. The molecule has 1 aromatic rings. The molecule has 2 fully saturated rings. The summed E-state index contributed by atoms with van der Waals surface area (Å²) in [6.45, 7) is 6.51. The summed E-state index contributed by atoms with van der Waals surface area (Å²) in [5.74, 6) is -5.58. The number of hydrogen-bond acceptors (Lipinski definition) is 12. The lowest BCUT2D eigenvalue weighted by atomic mass is 9.92. The van der Waals surface area contributed by atoms with Gasteiger partial charge in [0.05, 0.1) is 25.2 Å². The Balaban J connectivity index is 1.43. The van der Waals surface area contributed by atoms with Crippen molar-refractivity contribution in [3.05, 3.63) is 29.8 Å². The van der Waals surface area contributed by atoms with Crippen LogP contribution in [0.25, 0.3) is 0 Å². The fourth-order valence-corrected chi connectivity index (χ4v) is 9.10. The Morgan fingerprint density at radius 3 is 2.17 bits per heavy atom.